The zero-order chi connectivity index (χ0) is 4.50. The van der Waals surface area contributed by atoms with Gasteiger partial charge in [-0.3, -0.25) is 0 Å². The van der Waals surface area contributed by atoms with Crippen molar-refractivity contribution in [1.29, 1.82) is 0 Å². The number of rotatable bonds is 0. The van der Waals surface area contributed by atoms with Gasteiger partial charge in [-0.15, -0.1) is 0 Å². The Labute approximate surface area is 88.2 Å². The van der Waals surface area contributed by atoms with Gasteiger partial charge in [0.15, 0.2) is 0 Å². The zero-order valence-electron chi connectivity index (χ0n) is 4.20. The van der Waals surface area contributed by atoms with E-state index in [9.17, 15) is 0 Å². The maximum Gasteiger partial charge on any atom is 1.00 e. The zero-order valence-corrected chi connectivity index (χ0v) is 10.1. The van der Waals surface area contributed by atoms with E-state index >= 15 is 0 Å². The second-order valence-electron chi connectivity index (χ2n) is 0.513. The molecule has 7 heteroatoms. The van der Waals surface area contributed by atoms with E-state index in [0.717, 1.165) is 0 Å². The quantitative estimate of drug-likeness (QED) is 0.330. The van der Waals surface area contributed by atoms with E-state index in [0.29, 0.717) is 0 Å². The molecule has 0 rings (SSSR count). The molecular weight excluding hydrogens is 185 g/mol. The van der Waals surface area contributed by atoms with Crippen molar-refractivity contribution in [2.24, 2.45) is 0 Å². The van der Waals surface area contributed by atoms with Crippen LogP contribution in [0.4, 0.5) is 0 Å². The van der Waals surface area contributed by atoms with Crippen LogP contribution in [-0.4, -0.2) is 26.8 Å². The molecule has 0 spiro atoms. The third-order valence-corrected chi connectivity index (χ3v) is 0. The molecule has 4 nitrogen and oxygen atoms in total. The fourth-order valence-corrected chi connectivity index (χ4v) is 0. The molecule has 0 unspecified atom stereocenters. The Bertz CT molecular complexity index is 55.8. The molecule has 0 atom stereocenters. The monoisotopic (exact) mass is 188 g/mol. The molecule has 0 aliphatic rings. The number of hydrogen-bond donors (Lipinski definition) is 3. The molecule has 0 heterocycles. The molecule has 0 saturated heterocycles. The third kappa shape index (κ3) is 64.0. The van der Waals surface area contributed by atoms with Crippen molar-refractivity contribution in [3.05, 3.63) is 0 Å². The molecular formula is H3AsNa2O4+2. The molecule has 0 amide bonds. The van der Waals surface area contributed by atoms with Gasteiger partial charge in [0.05, 0.1) is 0 Å². The van der Waals surface area contributed by atoms with E-state index in [-0.39, 0.29) is 59.1 Å². The van der Waals surface area contributed by atoms with Crippen molar-refractivity contribution < 1.29 is 75.1 Å². The Hall–Kier alpha value is 2.24. The fraction of sp³-hybridized carbons (Fsp3) is 0. The third-order valence-electron chi connectivity index (χ3n) is 0. The molecule has 0 bridgehead atoms. The minimum atomic E-state index is -5.12. The van der Waals surface area contributed by atoms with E-state index in [4.69, 9.17) is 16.0 Å². The molecule has 0 aliphatic carbocycles. The maximum atomic E-state index is 8.94. The Morgan fingerprint density at radius 1 is 1.00 bits per heavy atom. The fourth-order valence-electron chi connectivity index (χ4n) is 0. The van der Waals surface area contributed by atoms with Crippen molar-refractivity contribution >= 4 is 14.5 Å². The van der Waals surface area contributed by atoms with Gasteiger partial charge in [-0.2, -0.15) is 0 Å². The van der Waals surface area contributed by atoms with Crippen LogP contribution in [0.25, 0.3) is 0 Å². The average Bonchev–Trinajstić information content (AvgIpc) is 0.722. The molecule has 0 saturated carbocycles. The Kier molecular flexibility index (Phi) is 14.6. The van der Waals surface area contributed by atoms with Gasteiger partial charge in [-0.25, -0.2) is 0 Å². The van der Waals surface area contributed by atoms with Crippen LogP contribution in [0.5, 0.6) is 0 Å². The van der Waals surface area contributed by atoms with Crippen LogP contribution in [0.2, 0.25) is 0 Å². The first-order valence-corrected chi connectivity index (χ1v) is 4.07. The minimum Gasteiger partial charge on any atom is 1.00 e. The van der Waals surface area contributed by atoms with E-state index in [2.05, 4.69) is 0 Å². The van der Waals surface area contributed by atoms with E-state index < -0.39 is 14.5 Å². The average molecular weight is 188 g/mol. The maximum absolute atomic E-state index is 8.94. The van der Waals surface area contributed by atoms with Crippen LogP contribution >= 0.6 is 0 Å². The second kappa shape index (κ2) is 6.36. The SMILES string of the molecule is O=[As](O)(O)O.[Na+].[Na+]. The minimum absolute atomic E-state index is 0. The summed E-state index contributed by atoms with van der Waals surface area (Å²) in [7, 11) is 0. The molecule has 0 fully saturated rings. The molecule has 0 aliphatic heterocycles. The summed E-state index contributed by atoms with van der Waals surface area (Å²) in [6.45, 7) is 0. The molecule has 0 aromatic carbocycles. The molecule has 0 aromatic heterocycles. The van der Waals surface area contributed by atoms with Gasteiger partial charge in [0.1, 0.15) is 0 Å². The van der Waals surface area contributed by atoms with E-state index in [1.165, 1.54) is 0 Å². The largest absolute Gasteiger partial charge is 1.00 e. The summed E-state index contributed by atoms with van der Waals surface area (Å²) in [5.41, 5.74) is 0. The summed E-state index contributed by atoms with van der Waals surface area (Å²) >= 11 is -5.12. The van der Waals surface area contributed by atoms with Crippen molar-refractivity contribution in [3.8, 4) is 0 Å². The normalized spacial score (nSPS) is 8.43. The Morgan fingerprint density at radius 2 is 1.00 bits per heavy atom. The summed E-state index contributed by atoms with van der Waals surface area (Å²) in [6, 6.07) is 0. The van der Waals surface area contributed by atoms with E-state index in [1.54, 1.807) is 0 Å². The van der Waals surface area contributed by atoms with Crippen LogP contribution in [0.15, 0.2) is 0 Å². The molecule has 7 heavy (non-hydrogen) atoms. The van der Waals surface area contributed by atoms with Crippen molar-refractivity contribution in [1.82, 2.24) is 0 Å². The smallest absolute Gasteiger partial charge is 1.00 e. The predicted molar refractivity (Wildman–Crippen MR) is 13.1 cm³/mol. The van der Waals surface area contributed by atoms with Crippen LogP contribution in [-0.2, 0) is 3.74 Å². The van der Waals surface area contributed by atoms with Gasteiger partial charge < -0.3 is 0 Å². The first-order valence-electron chi connectivity index (χ1n) is 0.783. The standard InChI is InChI=1S/AsH3O4.2Na/c2-1(3,4)5;;/h(H3,2,3,4,5);;/q;2*+1. The summed E-state index contributed by atoms with van der Waals surface area (Å²) in [4.78, 5) is 0. The predicted octanol–water partition coefficient (Wildman–Crippen LogP) is -8.16. The topological polar surface area (TPSA) is 77.8 Å². The van der Waals surface area contributed by atoms with Gasteiger partial charge in [0.2, 0.25) is 0 Å². The van der Waals surface area contributed by atoms with Gasteiger partial charge in [-0.05, 0) is 0 Å². The van der Waals surface area contributed by atoms with Crippen LogP contribution in [0, 0.1) is 0 Å². The molecule has 0 aromatic rings. The number of hydrogen-bond acceptors (Lipinski definition) is 1. The molecule has 3 N–H and O–H groups in total. The van der Waals surface area contributed by atoms with Crippen molar-refractivity contribution in [2.45, 2.75) is 0 Å². The summed E-state index contributed by atoms with van der Waals surface area (Å²) in [5.74, 6) is 0. The van der Waals surface area contributed by atoms with Gasteiger partial charge >= 0.3 is 89.7 Å². The van der Waals surface area contributed by atoms with Crippen molar-refractivity contribution in [3.63, 3.8) is 0 Å². The van der Waals surface area contributed by atoms with E-state index in [1.807, 2.05) is 0 Å². The van der Waals surface area contributed by atoms with Crippen LogP contribution in [0.1, 0.15) is 0 Å². The van der Waals surface area contributed by atoms with Gasteiger partial charge in [-0.1, -0.05) is 0 Å². The van der Waals surface area contributed by atoms with Crippen molar-refractivity contribution in [2.75, 3.05) is 0 Å². The molecule has 32 valence electrons. The second-order valence-corrected chi connectivity index (χ2v) is 2.67. The van der Waals surface area contributed by atoms with Crippen LogP contribution in [0.3, 0.4) is 0 Å². The first-order chi connectivity index (χ1) is 2.00. The van der Waals surface area contributed by atoms with Crippen LogP contribution < -0.4 is 59.1 Å². The summed E-state index contributed by atoms with van der Waals surface area (Å²) in [5, 5.41) is 0. The molecule has 0 radical (unpaired) electrons. The van der Waals surface area contributed by atoms with Gasteiger partial charge in [0, 0.05) is 0 Å². The first kappa shape index (κ1) is 16.1. The Balaban J connectivity index is -0.0000000800. The van der Waals surface area contributed by atoms with Gasteiger partial charge in [0.25, 0.3) is 0 Å². The summed E-state index contributed by atoms with van der Waals surface area (Å²) < 4.78 is 30.7. The summed E-state index contributed by atoms with van der Waals surface area (Å²) in [6.07, 6.45) is 0. The Morgan fingerprint density at radius 3 is 1.00 bits per heavy atom.